The van der Waals surface area contributed by atoms with E-state index in [1.165, 1.54) is 48.3 Å². The summed E-state index contributed by atoms with van der Waals surface area (Å²) in [6, 6.07) is 2.26. The third kappa shape index (κ3) is 2.26. The molecule has 0 radical (unpaired) electrons. The number of rotatable bonds is 2. The van der Waals surface area contributed by atoms with Crippen LogP contribution >= 0.6 is 0 Å². The van der Waals surface area contributed by atoms with Crippen LogP contribution in [0.5, 0.6) is 0 Å². The fourth-order valence-electron chi connectivity index (χ4n) is 2.94. The highest BCUT2D eigenvalue weighted by molar-refractivity contribution is 6.01. The predicted octanol–water partition coefficient (Wildman–Crippen LogP) is 2.96. The Labute approximate surface area is 109 Å². The van der Waals surface area contributed by atoms with Crippen molar-refractivity contribution in [2.24, 2.45) is 4.99 Å². The van der Waals surface area contributed by atoms with Gasteiger partial charge in [-0.3, -0.25) is 4.99 Å². The van der Waals surface area contributed by atoms with E-state index in [0.29, 0.717) is 0 Å². The Hall–Kier alpha value is -1.38. The van der Waals surface area contributed by atoms with Crippen LogP contribution in [0.2, 0.25) is 0 Å². The molecule has 0 unspecified atom stereocenters. The molecule has 18 heavy (non-hydrogen) atoms. The molecule has 0 atom stereocenters. The fourth-order valence-corrected chi connectivity index (χ4v) is 2.94. The van der Waals surface area contributed by atoms with Gasteiger partial charge in [0.25, 0.3) is 0 Å². The van der Waals surface area contributed by atoms with E-state index in [1.54, 1.807) is 0 Å². The molecular weight excluding hydrogens is 222 g/mol. The van der Waals surface area contributed by atoms with Crippen LogP contribution in [0, 0.1) is 6.92 Å². The molecule has 0 spiro atoms. The average Bonchev–Trinajstić information content (AvgIpc) is 2.93. The lowest BCUT2D eigenvalue weighted by Gasteiger charge is -2.29. The van der Waals surface area contributed by atoms with Gasteiger partial charge in [0.05, 0.1) is 0 Å². The lowest BCUT2D eigenvalue weighted by molar-refractivity contribution is 0.572. The third-order valence-corrected chi connectivity index (χ3v) is 3.91. The molecule has 3 heteroatoms. The largest absolute Gasteiger partial charge is 0.356 e. The molecular formula is C15H21N3. The van der Waals surface area contributed by atoms with Gasteiger partial charge in [-0.15, -0.1) is 0 Å². The summed E-state index contributed by atoms with van der Waals surface area (Å²) in [4.78, 5) is 11.7. The quantitative estimate of drug-likeness (QED) is 0.799. The minimum atomic E-state index is 0.988. The van der Waals surface area contributed by atoms with Crippen LogP contribution in [-0.2, 0) is 0 Å². The van der Waals surface area contributed by atoms with Crippen molar-refractivity contribution in [2.45, 2.75) is 39.0 Å². The van der Waals surface area contributed by atoms with Gasteiger partial charge in [-0.25, -0.2) is 4.98 Å². The van der Waals surface area contributed by atoms with Gasteiger partial charge in [0, 0.05) is 37.1 Å². The summed E-state index contributed by atoms with van der Waals surface area (Å²) in [5.41, 5.74) is 3.77. The first kappa shape index (κ1) is 11.7. The Morgan fingerprint density at radius 3 is 2.61 bits per heavy atom. The molecule has 1 aromatic rings. The Morgan fingerprint density at radius 1 is 1.11 bits per heavy atom. The van der Waals surface area contributed by atoms with Gasteiger partial charge in [-0.2, -0.15) is 0 Å². The van der Waals surface area contributed by atoms with E-state index >= 15 is 0 Å². The maximum Gasteiger partial charge on any atom is 0.131 e. The zero-order valence-electron chi connectivity index (χ0n) is 11.2. The van der Waals surface area contributed by atoms with E-state index in [4.69, 9.17) is 4.98 Å². The van der Waals surface area contributed by atoms with E-state index in [9.17, 15) is 0 Å². The first-order valence-corrected chi connectivity index (χ1v) is 7.10. The van der Waals surface area contributed by atoms with Crippen molar-refractivity contribution < 1.29 is 0 Å². The molecule has 0 N–H and O–H groups in total. The molecule has 1 saturated heterocycles. The van der Waals surface area contributed by atoms with Crippen molar-refractivity contribution in [1.82, 2.24) is 4.98 Å². The van der Waals surface area contributed by atoms with Gasteiger partial charge < -0.3 is 4.90 Å². The van der Waals surface area contributed by atoms with Crippen LogP contribution in [0.4, 0.5) is 5.82 Å². The van der Waals surface area contributed by atoms with E-state index in [2.05, 4.69) is 22.9 Å². The first-order chi connectivity index (χ1) is 8.84. The number of pyridine rings is 1. The molecule has 2 aliphatic heterocycles. The van der Waals surface area contributed by atoms with Crippen LogP contribution in [0.1, 0.15) is 43.2 Å². The molecule has 1 fully saturated rings. The van der Waals surface area contributed by atoms with Crippen LogP contribution < -0.4 is 4.90 Å². The molecule has 96 valence electrons. The highest BCUT2D eigenvalue weighted by Gasteiger charge is 2.16. The summed E-state index contributed by atoms with van der Waals surface area (Å²) in [6.07, 6.45) is 8.29. The average molecular weight is 243 g/mol. The molecule has 0 amide bonds. The second kappa shape index (κ2) is 5.09. The van der Waals surface area contributed by atoms with Gasteiger partial charge >= 0.3 is 0 Å². The fraction of sp³-hybridized carbons (Fsp3) is 0.600. The minimum Gasteiger partial charge on any atom is -0.356 e. The van der Waals surface area contributed by atoms with E-state index < -0.39 is 0 Å². The van der Waals surface area contributed by atoms with Gasteiger partial charge in [0.15, 0.2) is 0 Å². The number of aliphatic imine (C=N–C) groups is 1. The number of aromatic nitrogens is 1. The molecule has 3 rings (SSSR count). The summed E-state index contributed by atoms with van der Waals surface area (Å²) >= 11 is 0. The minimum absolute atomic E-state index is 0.988. The van der Waals surface area contributed by atoms with E-state index in [-0.39, 0.29) is 0 Å². The second-order valence-corrected chi connectivity index (χ2v) is 5.34. The normalized spacial score (nSPS) is 20.1. The first-order valence-electron chi connectivity index (χ1n) is 7.10. The summed E-state index contributed by atoms with van der Waals surface area (Å²) < 4.78 is 0. The van der Waals surface area contributed by atoms with Gasteiger partial charge in [-0.1, -0.05) is 0 Å². The SMILES string of the molecule is Cc1cc(C2=NCCC2)cnc1N1CCCCC1. The van der Waals surface area contributed by atoms with E-state index in [0.717, 1.165) is 26.1 Å². The molecule has 0 saturated carbocycles. The van der Waals surface area contributed by atoms with Crippen LogP contribution in [-0.4, -0.2) is 30.3 Å². The lowest BCUT2D eigenvalue weighted by atomic mass is 10.1. The van der Waals surface area contributed by atoms with E-state index in [1.807, 2.05) is 6.20 Å². The number of hydrogen-bond acceptors (Lipinski definition) is 3. The lowest BCUT2D eigenvalue weighted by Crippen LogP contribution is -2.30. The molecule has 3 heterocycles. The topological polar surface area (TPSA) is 28.5 Å². The van der Waals surface area contributed by atoms with Crippen molar-refractivity contribution in [2.75, 3.05) is 24.5 Å². The van der Waals surface area contributed by atoms with Crippen LogP contribution in [0.3, 0.4) is 0 Å². The molecule has 0 aromatic carbocycles. The van der Waals surface area contributed by atoms with Crippen molar-refractivity contribution in [3.05, 3.63) is 23.4 Å². The molecule has 0 aliphatic carbocycles. The van der Waals surface area contributed by atoms with Crippen molar-refractivity contribution in [3.63, 3.8) is 0 Å². The van der Waals surface area contributed by atoms with Crippen molar-refractivity contribution in [1.29, 1.82) is 0 Å². The second-order valence-electron chi connectivity index (χ2n) is 5.34. The van der Waals surface area contributed by atoms with Gasteiger partial charge in [-0.05, 0) is 50.7 Å². The maximum atomic E-state index is 4.69. The maximum absolute atomic E-state index is 4.69. The van der Waals surface area contributed by atoms with Gasteiger partial charge in [0.2, 0.25) is 0 Å². The van der Waals surface area contributed by atoms with Crippen molar-refractivity contribution in [3.8, 4) is 0 Å². The predicted molar refractivity (Wildman–Crippen MR) is 75.7 cm³/mol. The standard InChI is InChI=1S/C15H21N3/c1-12-10-13(14-6-5-7-16-14)11-17-15(12)18-8-3-2-4-9-18/h10-11H,2-9H2,1H3. The third-order valence-electron chi connectivity index (χ3n) is 3.91. The number of piperidine rings is 1. The number of anilines is 1. The zero-order chi connectivity index (χ0) is 12.4. The Kier molecular flexibility index (Phi) is 3.31. The molecule has 1 aromatic heterocycles. The van der Waals surface area contributed by atoms with Gasteiger partial charge in [0.1, 0.15) is 5.82 Å². The monoisotopic (exact) mass is 243 g/mol. The highest BCUT2D eigenvalue weighted by atomic mass is 15.2. The molecule has 2 aliphatic rings. The summed E-state index contributed by atoms with van der Waals surface area (Å²) in [7, 11) is 0. The smallest absolute Gasteiger partial charge is 0.131 e. The molecule has 3 nitrogen and oxygen atoms in total. The number of nitrogens with zero attached hydrogens (tertiary/aromatic N) is 3. The summed E-state index contributed by atoms with van der Waals surface area (Å²) in [6.45, 7) is 5.49. The summed E-state index contributed by atoms with van der Waals surface area (Å²) in [5.74, 6) is 1.18. The highest BCUT2D eigenvalue weighted by Crippen LogP contribution is 2.23. The van der Waals surface area contributed by atoms with Crippen LogP contribution in [0.15, 0.2) is 17.3 Å². The molecule has 0 bridgehead atoms. The summed E-state index contributed by atoms with van der Waals surface area (Å²) in [5, 5.41) is 0. The Bertz CT molecular complexity index is 459. The Balaban J connectivity index is 1.84. The number of hydrogen-bond donors (Lipinski definition) is 0. The number of aryl methyl sites for hydroxylation is 1. The van der Waals surface area contributed by atoms with Crippen molar-refractivity contribution >= 4 is 11.5 Å². The Morgan fingerprint density at radius 2 is 1.94 bits per heavy atom. The zero-order valence-corrected chi connectivity index (χ0v) is 11.2. The van der Waals surface area contributed by atoms with Crippen LogP contribution in [0.25, 0.3) is 0 Å².